The van der Waals surface area contributed by atoms with E-state index in [0.717, 1.165) is 24.2 Å². The first-order valence-electron chi connectivity index (χ1n) is 11.3. The van der Waals surface area contributed by atoms with Crippen molar-refractivity contribution >= 4 is 11.7 Å². The van der Waals surface area contributed by atoms with Gasteiger partial charge < -0.3 is 24.4 Å². The van der Waals surface area contributed by atoms with Gasteiger partial charge in [-0.2, -0.15) is 0 Å². The highest BCUT2D eigenvalue weighted by Gasteiger charge is 2.38. The summed E-state index contributed by atoms with van der Waals surface area (Å²) in [4.78, 5) is 12.1. The van der Waals surface area contributed by atoms with Crippen molar-refractivity contribution in [1.82, 2.24) is 0 Å². The maximum atomic E-state index is 12.1. The Balaban J connectivity index is 2.04. The number of carbonyl (C=O) groups is 1. The van der Waals surface area contributed by atoms with E-state index in [4.69, 9.17) is 24.4 Å². The fourth-order valence-electron chi connectivity index (χ4n) is 3.97. The van der Waals surface area contributed by atoms with E-state index in [1.54, 1.807) is 14.2 Å². The number of hydrogen-bond donors (Lipinski definition) is 1. The Morgan fingerprint density at radius 3 is 2.48 bits per heavy atom. The molecule has 1 aliphatic heterocycles. The summed E-state index contributed by atoms with van der Waals surface area (Å²) in [5, 5.41) is 8.60. The molecular formula is C25H39NO5. The SMILES string of the molecule is COCCCOc1cc(CC(CC(=N)C2CC(C(C)C)C(=O)O2)C(C)C)ccc1OC. The van der Waals surface area contributed by atoms with Crippen molar-refractivity contribution in [3.63, 3.8) is 0 Å². The van der Waals surface area contributed by atoms with Crippen molar-refractivity contribution < 1.29 is 23.7 Å². The van der Waals surface area contributed by atoms with Gasteiger partial charge in [0, 0.05) is 32.3 Å². The summed E-state index contributed by atoms with van der Waals surface area (Å²) in [6, 6.07) is 6.04. The molecule has 6 heteroatoms. The van der Waals surface area contributed by atoms with Crippen LogP contribution in [0.3, 0.4) is 0 Å². The van der Waals surface area contributed by atoms with Gasteiger partial charge in [0.15, 0.2) is 11.5 Å². The summed E-state index contributed by atoms with van der Waals surface area (Å²) < 4.78 is 22.0. The van der Waals surface area contributed by atoms with Gasteiger partial charge in [-0.25, -0.2) is 0 Å². The van der Waals surface area contributed by atoms with Gasteiger partial charge in [-0.3, -0.25) is 4.79 Å². The molecule has 31 heavy (non-hydrogen) atoms. The number of hydrogen-bond acceptors (Lipinski definition) is 6. The number of esters is 1. The average molecular weight is 434 g/mol. The third kappa shape index (κ3) is 7.23. The van der Waals surface area contributed by atoms with Crippen molar-refractivity contribution in [3.8, 4) is 11.5 Å². The molecule has 174 valence electrons. The van der Waals surface area contributed by atoms with Crippen LogP contribution >= 0.6 is 0 Å². The summed E-state index contributed by atoms with van der Waals surface area (Å²) >= 11 is 0. The number of ether oxygens (including phenoxy) is 4. The molecule has 3 unspecified atom stereocenters. The largest absolute Gasteiger partial charge is 0.493 e. The highest BCUT2D eigenvalue weighted by atomic mass is 16.6. The third-order valence-electron chi connectivity index (χ3n) is 6.12. The van der Waals surface area contributed by atoms with Gasteiger partial charge in [0.05, 0.1) is 19.6 Å². The van der Waals surface area contributed by atoms with Crippen LogP contribution in [-0.4, -0.2) is 45.2 Å². The second kappa shape index (κ2) is 12.1. The van der Waals surface area contributed by atoms with Crippen LogP contribution in [0.15, 0.2) is 18.2 Å². The van der Waals surface area contributed by atoms with Crippen molar-refractivity contribution in [3.05, 3.63) is 23.8 Å². The Labute approximate surface area is 187 Å². The van der Waals surface area contributed by atoms with Crippen LogP contribution < -0.4 is 9.47 Å². The standard InChI is InChI=1S/C25H39NO5/c1-16(2)19(14-21(26)23-15-20(17(3)4)25(27)31-23)12-18-8-9-22(29-6)24(13-18)30-11-7-10-28-5/h8-9,13,16-17,19-20,23,26H,7,10-12,14-15H2,1-6H3. The molecule has 3 atom stereocenters. The smallest absolute Gasteiger partial charge is 0.310 e. The van der Waals surface area contributed by atoms with E-state index >= 15 is 0 Å². The minimum Gasteiger partial charge on any atom is -0.493 e. The van der Waals surface area contributed by atoms with Crippen LogP contribution in [0.2, 0.25) is 0 Å². The van der Waals surface area contributed by atoms with Crippen LogP contribution in [0, 0.1) is 29.1 Å². The minimum atomic E-state index is -0.378. The third-order valence-corrected chi connectivity index (χ3v) is 6.12. The first-order chi connectivity index (χ1) is 14.8. The molecule has 0 spiro atoms. The minimum absolute atomic E-state index is 0.0951. The lowest BCUT2D eigenvalue weighted by molar-refractivity contribution is -0.143. The highest BCUT2D eigenvalue weighted by Crippen LogP contribution is 2.33. The fraction of sp³-hybridized carbons (Fsp3) is 0.680. The zero-order valence-corrected chi connectivity index (χ0v) is 19.9. The Bertz CT molecular complexity index is 731. The molecule has 1 aromatic carbocycles. The second-order valence-electron chi connectivity index (χ2n) is 9.13. The predicted molar refractivity (Wildman–Crippen MR) is 122 cm³/mol. The molecule has 0 bridgehead atoms. The Hall–Kier alpha value is -2.08. The Morgan fingerprint density at radius 1 is 1.16 bits per heavy atom. The van der Waals surface area contributed by atoms with Gasteiger partial charge >= 0.3 is 5.97 Å². The van der Waals surface area contributed by atoms with E-state index < -0.39 is 0 Å². The molecule has 0 aliphatic carbocycles. The van der Waals surface area contributed by atoms with Gasteiger partial charge in [-0.1, -0.05) is 33.8 Å². The molecule has 6 nitrogen and oxygen atoms in total. The molecule has 1 aromatic rings. The van der Waals surface area contributed by atoms with Gasteiger partial charge in [0.25, 0.3) is 0 Å². The van der Waals surface area contributed by atoms with Gasteiger partial charge in [0.2, 0.25) is 0 Å². The number of nitrogens with one attached hydrogen (secondary N) is 1. The molecule has 1 saturated heterocycles. The molecule has 2 rings (SSSR count). The van der Waals surface area contributed by atoms with Crippen LogP contribution in [-0.2, 0) is 20.7 Å². The molecule has 0 amide bonds. The van der Waals surface area contributed by atoms with Crippen LogP contribution in [0.4, 0.5) is 0 Å². The van der Waals surface area contributed by atoms with Crippen molar-refractivity contribution in [2.24, 2.45) is 23.7 Å². The summed E-state index contributed by atoms with van der Waals surface area (Å²) in [5.74, 6) is 2.11. The molecule has 1 aliphatic rings. The number of carbonyl (C=O) groups excluding carboxylic acids is 1. The van der Waals surface area contributed by atoms with E-state index in [2.05, 4.69) is 19.9 Å². The molecule has 1 N–H and O–H groups in total. The zero-order chi connectivity index (χ0) is 23.0. The Morgan fingerprint density at radius 2 is 1.90 bits per heavy atom. The van der Waals surface area contributed by atoms with E-state index in [9.17, 15) is 4.79 Å². The number of benzene rings is 1. The fourth-order valence-corrected chi connectivity index (χ4v) is 3.97. The van der Waals surface area contributed by atoms with Gasteiger partial charge in [0.1, 0.15) is 6.10 Å². The monoisotopic (exact) mass is 433 g/mol. The van der Waals surface area contributed by atoms with Crippen molar-refractivity contribution in [2.45, 2.75) is 59.5 Å². The summed E-state index contributed by atoms with van der Waals surface area (Å²) in [6.07, 6.45) is 2.51. The lowest BCUT2D eigenvalue weighted by Crippen LogP contribution is -2.25. The Kier molecular flexibility index (Phi) is 9.82. The molecule has 0 saturated carbocycles. The van der Waals surface area contributed by atoms with Crippen LogP contribution in [0.5, 0.6) is 11.5 Å². The van der Waals surface area contributed by atoms with Gasteiger partial charge in [-0.15, -0.1) is 0 Å². The van der Waals surface area contributed by atoms with Crippen molar-refractivity contribution in [2.75, 3.05) is 27.4 Å². The summed E-state index contributed by atoms with van der Waals surface area (Å²) in [6.45, 7) is 9.66. The zero-order valence-electron chi connectivity index (χ0n) is 19.9. The maximum Gasteiger partial charge on any atom is 0.310 e. The first-order valence-corrected chi connectivity index (χ1v) is 11.3. The molecule has 1 heterocycles. The normalized spacial score (nSPS) is 19.5. The van der Waals surface area contributed by atoms with Crippen LogP contribution in [0.1, 0.15) is 52.5 Å². The lowest BCUT2D eigenvalue weighted by atomic mass is 9.83. The quantitative estimate of drug-likeness (QED) is 0.271. The predicted octanol–water partition coefficient (Wildman–Crippen LogP) is 4.92. The summed E-state index contributed by atoms with van der Waals surface area (Å²) in [5.41, 5.74) is 1.68. The van der Waals surface area contributed by atoms with E-state index in [0.29, 0.717) is 43.4 Å². The molecule has 1 fully saturated rings. The van der Waals surface area contributed by atoms with E-state index in [-0.39, 0.29) is 29.8 Å². The van der Waals surface area contributed by atoms with E-state index in [1.807, 2.05) is 26.0 Å². The van der Waals surface area contributed by atoms with Gasteiger partial charge in [-0.05, 0) is 48.3 Å². The van der Waals surface area contributed by atoms with Crippen LogP contribution in [0.25, 0.3) is 0 Å². The first kappa shape index (κ1) is 25.2. The molecular weight excluding hydrogens is 394 g/mol. The topological polar surface area (TPSA) is 77.8 Å². The van der Waals surface area contributed by atoms with E-state index in [1.165, 1.54) is 0 Å². The molecule has 0 aromatic heterocycles. The second-order valence-corrected chi connectivity index (χ2v) is 9.13. The average Bonchev–Trinajstić information content (AvgIpc) is 3.13. The number of cyclic esters (lactones) is 1. The van der Waals surface area contributed by atoms with Crippen molar-refractivity contribution in [1.29, 1.82) is 5.41 Å². The maximum absolute atomic E-state index is 12.1. The number of methoxy groups -OCH3 is 2. The highest BCUT2D eigenvalue weighted by molar-refractivity contribution is 5.91. The number of rotatable bonds is 13. The lowest BCUT2D eigenvalue weighted by Gasteiger charge is -2.23. The molecule has 0 radical (unpaired) electrons. The summed E-state index contributed by atoms with van der Waals surface area (Å²) in [7, 11) is 3.32.